The van der Waals surface area contributed by atoms with Gasteiger partial charge in [0.25, 0.3) is 0 Å². The van der Waals surface area contributed by atoms with E-state index in [2.05, 4.69) is 4.98 Å². The van der Waals surface area contributed by atoms with Gasteiger partial charge in [0.1, 0.15) is 5.82 Å². The van der Waals surface area contributed by atoms with Crippen LogP contribution in [0.4, 0.5) is 4.39 Å². The van der Waals surface area contributed by atoms with Gasteiger partial charge in [-0.25, -0.2) is 9.18 Å². The summed E-state index contributed by atoms with van der Waals surface area (Å²) < 4.78 is 23.1. The molecule has 160 valence electrons. The Labute approximate surface area is 173 Å². The fraction of sp³-hybridized carbons (Fsp3) is 0.364. The molecule has 1 heterocycles. The molecule has 1 unspecified atom stereocenters. The number of rotatable bonds is 9. The number of ether oxygens (including phenoxy) is 2. The molecule has 0 fully saturated rings. The molecular weight excluding hydrogens is 393 g/mol. The minimum absolute atomic E-state index is 0.126. The van der Waals surface area contributed by atoms with E-state index >= 15 is 0 Å². The third-order valence-corrected chi connectivity index (χ3v) is 4.56. The zero-order valence-electron chi connectivity index (χ0n) is 17.3. The fourth-order valence-corrected chi connectivity index (χ4v) is 3.01. The number of hydrogen-bond donors (Lipinski definition) is 1. The molecule has 0 spiro atoms. The number of ketones is 2. The van der Waals surface area contributed by atoms with Gasteiger partial charge in [-0.1, -0.05) is 0 Å². The van der Waals surface area contributed by atoms with Crippen molar-refractivity contribution >= 4 is 23.5 Å². The smallest absolute Gasteiger partial charge is 0.340 e. The van der Waals surface area contributed by atoms with Crippen LogP contribution in [0.15, 0.2) is 24.3 Å². The summed E-state index contributed by atoms with van der Waals surface area (Å²) >= 11 is 0. The van der Waals surface area contributed by atoms with Gasteiger partial charge < -0.3 is 14.5 Å². The summed E-state index contributed by atoms with van der Waals surface area (Å²) in [5.74, 6) is -2.53. The van der Waals surface area contributed by atoms with E-state index in [1.807, 2.05) is 0 Å². The number of aromatic nitrogens is 1. The number of hydrogen-bond acceptors (Lipinski definition) is 6. The lowest BCUT2D eigenvalue weighted by Gasteiger charge is -2.12. The fourth-order valence-electron chi connectivity index (χ4n) is 3.01. The molecule has 1 aromatic carbocycles. The molecule has 30 heavy (non-hydrogen) atoms. The lowest BCUT2D eigenvalue weighted by Crippen LogP contribution is -2.25. The highest BCUT2D eigenvalue weighted by Gasteiger charge is 2.27. The van der Waals surface area contributed by atoms with Crippen LogP contribution in [0.5, 0.6) is 0 Å². The Balaban J connectivity index is 1.97. The van der Waals surface area contributed by atoms with Crippen LogP contribution < -0.4 is 0 Å². The van der Waals surface area contributed by atoms with E-state index in [9.17, 15) is 23.6 Å². The van der Waals surface area contributed by atoms with Crippen molar-refractivity contribution in [2.24, 2.45) is 0 Å². The predicted octanol–water partition coefficient (Wildman–Crippen LogP) is 3.72. The summed E-state index contributed by atoms with van der Waals surface area (Å²) in [6.07, 6.45) is -1.45. The summed E-state index contributed by atoms with van der Waals surface area (Å²) in [6.45, 7) is 6.56. The molecule has 0 aliphatic carbocycles. The maximum atomic E-state index is 12.9. The van der Waals surface area contributed by atoms with Crippen molar-refractivity contribution < 1.29 is 33.0 Å². The molecule has 1 atom stereocenters. The van der Waals surface area contributed by atoms with Gasteiger partial charge >= 0.3 is 11.9 Å². The summed E-state index contributed by atoms with van der Waals surface area (Å²) in [5, 5.41) is 0. The van der Waals surface area contributed by atoms with Gasteiger partial charge in [0, 0.05) is 17.7 Å². The Kier molecular flexibility index (Phi) is 7.63. The number of benzene rings is 1. The normalized spacial score (nSPS) is 11.6. The number of H-pyrrole nitrogens is 1. The van der Waals surface area contributed by atoms with Gasteiger partial charge in [-0.15, -0.1) is 0 Å². The molecule has 1 N–H and O–H groups in total. The second-order valence-corrected chi connectivity index (χ2v) is 6.77. The standard InChI is InChI=1S/C22H24FNO6/c1-5-29-22(28)19-12(2)20(24-13(19)3)21(27)14(4)30-18(26)11-10-17(25)15-6-8-16(23)9-7-15/h6-9,14,24H,5,10-11H2,1-4H3. The van der Waals surface area contributed by atoms with Gasteiger partial charge in [0.15, 0.2) is 11.9 Å². The number of Topliss-reactive ketones (excluding diaryl/α,β-unsaturated/α-hetero) is 2. The number of aryl methyl sites for hydroxylation is 1. The van der Waals surface area contributed by atoms with Gasteiger partial charge in [-0.05, 0) is 57.5 Å². The number of carbonyl (C=O) groups is 4. The van der Waals surface area contributed by atoms with Crippen LogP contribution in [-0.4, -0.2) is 41.2 Å². The lowest BCUT2D eigenvalue weighted by atomic mass is 10.1. The monoisotopic (exact) mass is 417 g/mol. The van der Waals surface area contributed by atoms with E-state index < -0.39 is 29.6 Å². The number of carbonyl (C=O) groups excluding carboxylic acids is 4. The van der Waals surface area contributed by atoms with Crippen molar-refractivity contribution in [3.05, 3.63) is 58.2 Å². The van der Waals surface area contributed by atoms with Gasteiger partial charge in [0.2, 0.25) is 5.78 Å². The third kappa shape index (κ3) is 5.40. The SMILES string of the molecule is CCOC(=O)c1c(C)[nH]c(C(=O)C(C)OC(=O)CCC(=O)c2ccc(F)cc2)c1C. The van der Waals surface area contributed by atoms with Crippen LogP contribution in [0, 0.1) is 19.7 Å². The Bertz CT molecular complexity index is 961. The van der Waals surface area contributed by atoms with Gasteiger partial charge in [0.05, 0.1) is 24.3 Å². The van der Waals surface area contributed by atoms with Crippen molar-refractivity contribution in [3.8, 4) is 0 Å². The van der Waals surface area contributed by atoms with Crippen molar-refractivity contribution in [1.82, 2.24) is 4.98 Å². The number of aromatic amines is 1. The number of halogens is 1. The summed E-state index contributed by atoms with van der Waals surface area (Å²) in [5.41, 5.74) is 1.64. The second kappa shape index (κ2) is 9.96. The van der Waals surface area contributed by atoms with E-state index in [4.69, 9.17) is 9.47 Å². The summed E-state index contributed by atoms with van der Waals surface area (Å²) in [6, 6.07) is 5.01. The summed E-state index contributed by atoms with van der Waals surface area (Å²) in [4.78, 5) is 51.7. The van der Waals surface area contributed by atoms with E-state index in [0.29, 0.717) is 11.3 Å². The van der Waals surface area contributed by atoms with Crippen LogP contribution in [0.1, 0.15) is 69.2 Å². The molecular formula is C22H24FNO6. The van der Waals surface area contributed by atoms with E-state index in [1.165, 1.54) is 19.1 Å². The maximum Gasteiger partial charge on any atom is 0.340 e. The van der Waals surface area contributed by atoms with Crippen LogP contribution in [-0.2, 0) is 14.3 Å². The van der Waals surface area contributed by atoms with Crippen molar-refractivity contribution in [3.63, 3.8) is 0 Å². The first-order valence-corrected chi connectivity index (χ1v) is 9.54. The maximum absolute atomic E-state index is 12.9. The Hall–Kier alpha value is -3.29. The first-order valence-electron chi connectivity index (χ1n) is 9.54. The highest BCUT2D eigenvalue weighted by atomic mass is 19.1. The number of esters is 2. The zero-order valence-corrected chi connectivity index (χ0v) is 17.3. The topological polar surface area (TPSA) is 103 Å². The van der Waals surface area contributed by atoms with Crippen molar-refractivity contribution in [2.75, 3.05) is 6.61 Å². The molecule has 8 heteroatoms. The average molecular weight is 417 g/mol. The molecule has 0 amide bonds. The Morgan fingerprint density at radius 1 is 1.07 bits per heavy atom. The predicted molar refractivity (Wildman–Crippen MR) is 106 cm³/mol. The first-order chi connectivity index (χ1) is 14.1. The van der Waals surface area contributed by atoms with E-state index in [0.717, 1.165) is 12.1 Å². The Morgan fingerprint density at radius 2 is 1.70 bits per heavy atom. The highest BCUT2D eigenvalue weighted by molar-refractivity contribution is 6.04. The van der Waals surface area contributed by atoms with Crippen LogP contribution >= 0.6 is 0 Å². The summed E-state index contributed by atoms with van der Waals surface area (Å²) in [7, 11) is 0. The molecule has 0 aliphatic rings. The molecule has 0 aliphatic heterocycles. The minimum Gasteiger partial charge on any atom is -0.462 e. The number of nitrogens with one attached hydrogen (secondary N) is 1. The van der Waals surface area contributed by atoms with E-state index in [-0.39, 0.29) is 42.1 Å². The lowest BCUT2D eigenvalue weighted by molar-refractivity contribution is -0.146. The first kappa shape index (κ1) is 23.0. The van der Waals surface area contributed by atoms with Crippen molar-refractivity contribution in [1.29, 1.82) is 0 Å². The molecule has 0 radical (unpaired) electrons. The third-order valence-electron chi connectivity index (χ3n) is 4.56. The van der Waals surface area contributed by atoms with Crippen molar-refractivity contribution in [2.45, 2.75) is 46.6 Å². The Morgan fingerprint density at radius 3 is 2.30 bits per heavy atom. The minimum atomic E-state index is -1.11. The van der Waals surface area contributed by atoms with Gasteiger partial charge in [-0.3, -0.25) is 14.4 Å². The largest absolute Gasteiger partial charge is 0.462 e. The second-order valence-electron chi connectivity index (χ2n) is 6.77. The van der Waals surface area contributed by atoms with Crippen LogP contribution in [0.25, 0.3) is 0 Å². The molecule has 0 bridgehead atoms. The molecule has 2 rings (SSSR count). The quantitative estimate of drug-likeness (QED) is 0.493. The van der Waals surface area contributed by atoms with Crippen LogP contribution in [0.2, 0.25) is 0 Å². The highest BCUT2D eigenvalue weighted by Crippen LogP contribution is 2.21. The molecule has 0 saturated carbocycles. The van der Waals surface area contributed by atoms with Gasteiger partial charge in [-0.2, -0.15) is 0 Å². The molecule has 0 saturated heterocycles. The zero-order chi connectivity index (χ0) is 22.4. The van der Waals surface area contributed by atoms with Crippen LogP contribution in [0.3, 0.4) is 0 Å². The average Bonchev–Trinajstić information content (AvgIpc) is 3.00. The van der Waals surface area contributed by atoms with E-state index in [1.54, 1.807) is 20.8 Å². The molecule has 1 aromatic heterocycles. The molecule has 7 nitrogen and oxygen atoms in total. The molecule has 2 aromatic rings.